The van der Waals surface area contributed by atoms with Gasteiger partial charge in [-0.15, -0.1) is 0 Å². The summed E-state index contributed by atoms with van der Waals surface area (Å²) >= 11 is 5.92. The average molecular weight is 325 g/mol. The molecule has 0 saturated carbocycles. The molecule has 5 nitrogen and oxygen atoms in total. The van der Waals surface area contributed by atoms with Gasteiger partial charge in [-0.1, -0.05) is 11.6 Å². The molecule has 0 atom stereocenters. The van der Waals surface area contributed by atoms with Crippen molar-refractivity contribution in [3.63, 3.8) is 0 Å². The highest BCUT2D eigenvalue weighted by Crippen LogP contribution is 2.24. The number of carbonyl (C=O) groups is 1. The Morgan fingerprint density at radius 3 is 2.55 bits per heavy atom. The number of benzene rings is 1. The lowest BCUT2D eigenvalue weighted by molar-refractivity contribution is 0.0137. The first kappa shape index (κ1) is 15.6. The van der Waals surface area contributed by atoms with Crippen LogP contribution in [0.2, 0.25) is 5.02 Å². The van der Waals surface area contributed by atoms with Crippen LogP contribution in [-0.4, -0.2) is 66.2 Å². The summed E-state index contributed by atoms with van der Waals surface area (Å²) in [6.45, 7) is 4.78. The second-order valence-corrected chi connectivity index (χ2v) is 6.27. The van der Waals surface area contributed by atoms with Crippen LogP contribution < -0.4 is 0 Å². The van der Waals surface area contributed by atoms with Crippen molar-refractivity contribution < 1.29 is 14.6 Å². The number of ether oxygens (including phenoxy) is 1. The number of hydrogen-bond donors (Lipinski definition) is 1. The third-order valence-electron chi connectivity index (χ3n) is 4.50. The highest BCUT2D eigenvalue weighted by molar-refractivity contribution is 6.31. The van der Waals surface area contributed by atoms with Gasteiger partial charge >= 0.3 is 0 Å². The molecule has 2 aliphatic rings. The molecule has 0 spiro atoms. The summed E-state index contributed by atoms with van der Waals surface area (Å²) < 4.78 is 5.40. The SMILES string of the molecule is O=C(c1cc(Cl)ccc1O)N1CCN(C2CCOCC2)CC1. The van der Waals surface area contributed by atoms with Crippen molar-refractivity contribution in [2.75, 3.05) is 39.4 Å². The Morgan fingerprint density at radius 2 is 1.86 bits per heavy atom. The van der Waals surface area contributed by atoms with Crippen molar-refractivity contribution in [1.82, 2.24) is 9.80 Å². The van der Waals surface area contributed by atoms with E-state index >= 15 is 0 Å². The number of phenolic OH excluding ortho intramolecular Hbond substituents is 1. The van der Waals surface area contributed by atoms with Gasteiger partial charge in [0.25, 0.3) is 5.91 Å². The molecule has 6 heteroatoms. The van der Waals surface area contributed by atoms with Crippen LogP contribution in [0.3, 0.4) is 0 Å². The van der Waals surface area contributed by atoms with E-state index in [2.05, 4.69) is 4.90 Å². The Labute approximate surface area is 135 Å². The molecule has 22 heavy (non-hydrogen) atoms. The molecule has 1 N–H and O–H groups in total. The topological polar surface area (TPSA) is 53.0 Å². The van der Waals surface area contributed by atoms with E-state index in [1.807, 2.05) is 0 Å². The second-order valence-electron chi connectivity index (χ2n) is 5.83. The molecule has 1 amide bonds. The summed E-state index contributed by atoms with van der Waals surface area (Å²) in [5.41, 5.74) is 0.284. The largest absolute Gasteiger partial charge is 0.507 e. The van der Waals surface area contributed by atoms with E-state index in [-0.39, 0.29) is 17.2 Å². The first-order valence-corrected chi connectivity index (χ1v) is 8.12. The average Bonchev–Trinajstić information content (AvgIpc) is 2.57. The van der Waals surface area contributed by atoms with Crippen LogP contribution in [0.15, 0.2) is 18.2 Å². The van der Waals surface area contributed by atoms with Crippen LogP contribution in [0, 0.1) is 0 Å². The number of hydrogen-bond acceptors (Lipinski definition) is 4. The van der Waals surface area contributed by atoms with Crippen LogP contribution in [0.25, 0.3) is 0 Å². The number of nitrogens with zero attached hydrogens (tertiary/aromatic N) is 2. The summed E-state index contributed by atoms with van der Waals surface area (Å²) in [7, 11) is 0. The predicted octanol–water partition coefficient (Wildman–Crippen LogP) is 1.98. The Hall–Kier alpha value is -1.30. The van der Waals surface area contributed by atoms with E-state index in [4.69, 9.17) is 16.3 Å². The van der Waals surface area contributed by atoms with Crippen molar-refractivity contribution in [2.45, 2.75) is 18.9 Å². The fraction of sp³-hybridized carbons (Fsp3) is 0.562. The van der Waals surface area contributed by atoms with Gasteiger partial charge in [0.2, 0.25) is 0 Å². The lowest BCUT2D eigenvalue weighted by atomic mass is 10.1. The van der Waals surface area contributed by atoms with Gasteiger partial charge in [-0.2, -0.15) is 0 Å². The first-order valence-electron chi connectivity index (χ1n) is 7.75. The summed E-state index contributed by atoms with van der Waals surface area (Å²) in [5, 5.41) is 10.3. The van der Waals surface area contributed by atoms with Gasteiger partial charge in [0.15, 0.2) is 0 Å². The number of rotatable bonds is 2. The van der Waals surface area contributed by atoms with Crippen LogP contribution in [0.4, 0.5) is 0 Å². The predicted molar refractivity (Wildman–Crippen MR) is 84.4 cm³/mol. The molecule has 2 aliphatic heterocycles. The van der Waals surface area contributed by atoms with Gasteiger partial charge in [-0.05, 0) is 31.0 Å². The van der Waals surface area contributed by atoms with E-state index < -0.39 is 0 Å². The fourth-order valence-electron chi connectivity index (χ4n) is 3.19. The normalized spacial score (nSPS) is 21.0. The summed E-state index contributed by atoms with van der Waals surface area (Å²) in [6, 6.07) is 5.15. The Bertz CT molecular complexity index is 538. The Morgan fingerprint density at radius 1 is 1.18 bits per heavy atom. The molecule has 1 aromatic rings. The van der Waals surface area contributed by atoms with Crippen molar-refractivity contribution in [3.8, 4) is 5.75 Å². The lowest BCUT2D eigenvalue weighted by Crippen LogP contribution is -2.53. The molecular formula is C16H21ClN2O3. The number of phenols is 1. The monoisotopic (exact) mass is 324 g/mol. The Kier molecular flexibility index (Phi) is 4.86. The fourth-order valence-corrected chi connectivity index (χ4v) is 3.36. The van der Waals surface area contributed by atoms with E-state index in [0.29, 0.717) is 24.2 Å². The molecule has 0 bridgehead atoms. The zero-order valence-electron chi connectivity index (χ0n) is 12.5. The third-order valence-corrected chi connectivity index (χ3v) is 4.73. The van der Waals surface area contributed by atoms with E-state index in [1.54, 1.807) is 11.0 Å². The highest BCUT2D eigenvalue weighted by atomic mass is 35.5. The minimum atomic E-state index is -0.147. The number of aromatic hydroxyl groups is 1. The number of amides is 1. The van der Waals surface area contributed by atoms with E-state index in [9.17, 15) is 9.90 Å². The summed E-state index contributed by atoms with van der Waals surface area (Å²) in [4.78, 5) is 16.8. The van der Waals surface area contributed by atoms with Crippen molar-refractivity contribution >= 4 is 17.5 Å². The summed E-state index contributed by atoms with van der Waals surface area (Å²) in [5.74, 6) is -0.159. The molecule has 120 valence electrons. The zero-order valence-corrected chi connectivity index (χ0v) is 13.3. The van der Waals surface area contributed by atoms with E-state index in [1.165, 1.54) is 12.1 Å². The second kappa shape index (κ2) is 6.86. The number of piperazine rings is 1. The highest BCUT2D eigenvalue weighted by Gasteiger charge is 2.28. The molecule has 2 heterocycles. The van der Waals surface area contributed by atoms with Crippen LogP contribution in [-0.2, 0) is 4.74 Å². The lowest BCUT2D eigenvalue weighted by Gasteiger charge is -2.40. The molecule has 3 rings (SSSR count). The molecule has 0 aromatic heterocycles. The van der Waals surface area contributed by atoms with Crippen LogP contribution >= 0.6 is 11.6 Å². The number of carbonyl (C=O) groups excluding carboxylic acids is 1. The minimum absolute atomic E-state index is 0.0127. The molecule has 0 radical (unpaired) electrons. The van der Waals surface area contributed by atoms with Gasteiger partial charge in [0.05, 0.1) is 5.56 Å². The van der Waals surface area contributed by atoms with Gasteiger partial charge < -0.3 is 14.7 Å². The maximum absolute atomic E-state index is 12.5. The molecule has 0 unspecified atom stereocenters. The molecule has 1 aromatic carbocycles. The molecule has 2 saturated heterocycles. The standard InChI is InChI=1S/C16H21ClN2O3/c17-12-1-2-15(20)14(11-12)16(21)19-7-5-18(6-8-19)13-3-9-22-10-4-13/h1-2,11,13,20H,3-10H2. The molecular weight excluding hydrogens is 304 g/mol. The molecule has 2 fully saturated rings. The molecule has 0 aliphatic carbocycles. The zero-order chi connectivity index (χ0) is 15.5. The van der Waals surface area contributed by atoms with Gasteiger partial charge in [0.1, 0.15) is 5.75 Å². The van der Waals surface area contributed by atoms with E-state index in [0.717, 1.165) is 39.1 Å². The van der Waals surface area contributed by atoms with Crippen molar-refractivity contribution in [2.24, 2.45) is 0 Å². The quantitative estimate of drug-likeness (QED) is 0.904. The van der Waals surface area contributed by atoms with Crippen LogP contribution in [0.1, 0.15) is 23.2 Å². The van der Waals surface area contributed by atoms with Gasteiger partial charge in [-0.3, -0.25) is 9.69 Å². The smallest absolute Gasteiger partial charge is 0.257 e. The minimum Gasteiger partial charge on any atom is -0.507 e. The first-order chi connectivity index (χ1) is 10.6. The number of halogens is 1. The summed E-state index contributed by atoms with van der Waals surface area (Å²) in [6.07, 6.45) is 2.14. The maximum Gasteiger partial charge on any atom is 0.257 e. The Balaban J connectivity index is 1.61. The van der Waals surface area contributed by atoms with Crippen molar-refractivity contribution in [3.05, 3.63) is 28.8 Å². The maximum atomic E-state index is 12.5. The van der Waals surface area contributed by atoms with Crippen molar-refractivity contribution in [1.29, 1.82) is 0 Å². The van der Waals surface area contributed by atoms with Crippen LogP contribution in [0.5, 0.6) is 5.75 Å². The van der Waals surface area contributed by atoms with Gasteiger partial charge in [0, 0.05) is 50.5 Å². The third kappa shape index (κ3) is 3.37. The van der Waals surface area contributed by atoms with Gasteiger partial charge in [-0.25, -0.2) is 0 Å².